The van der Waals surface area contributed by atoms with Crippen LogP contribution in [0.15, 0.2) is 48.8 Å². The Balaban J connectivity index is 2.02. The Morgan fingerprint density at radius 2 is 1.68 bits per heavy atom. The summed E-state index contributed by atoms with van der Waals surface area (Å²) in [5, 5.41) is 3.57. The van der Waals surface area contributed by atoms with E-state index >= 15 is 0 Å². The molecule has 1 N–H and O–H groups in total. The third kappa shape index (κ3) is 3.55. The summed E-state index contributed by atoms with van der Waals surface area (Å²) in [5.41, 5.74) is 2.44. The number of benzene rings is 1. The number of methoxy groups -OCH3 is 1. The summed E-state index contributed by atoms with van der Waals surface area (Å²) in [7, 11) is 1.68. The van der Waals surface area contributed by atoms with Crippen molar-refractivity contribution in [2.24, 2.45) is 0 Å². The van der Waals surface area contributed by atoms with Gasteiger partial charge in [0, 0.05) is 24.5 Å². The molecule has 0 aliphatic rings. The van der Waals surface area contributed by atoms with E-state index in [1.165, 1.54) is 11.1 Å². The average Bonchev–Trinajstić information content (AvgIpc) is 2.48. The van der Waals surface area contributed by atoms with E-state index in [9.17, 15) is 0 Å². The van der Waals surface area contributed by atoms with Crippen molar-refractivity contribution in [2.75, 3.05) is 7.11 Å². The van der Waals surface area contributed by atoms with Crippen LogP contribution in [0.4, 0.5) is 0 Å². The van der Waals surface area contributed by atoms with Crippen LogP contribution in [0.3, 0.4) is 0 Å². The smallest absolute Gasteiger partial charge is 0.118 e. The maximum atomic E-state index is 5.17. The van der Waals surface area contributed by atoms with Gasteiger partial charge >= 0.3 is 0 Å². The molecule has 0 saturated heterocycles. The van der Waals surface area contributed by atoms with Gasteiger partial charge in [-0.1, -0.05) is 18.2 Å². The molecular weight excluding hydrogens is 236 g/mol. The van der Waals surface area contributed by atoms with Gasteiger partial charge in [-0.3, -0.25) is 4.98 Å². The molecule has 2 aromatic rings. The number of nitrogens with zero attached hydrogens (tertiary/aromatic N) is 1. The average molecular weight is 256 g/mol. The van der Waals surface area contributed by atoms with Gasteiger partial charge in [0.2, 0.25) is 0 Å². The van der Waals surface area contributed by atoms with Gasteiger partial charge in [-0.15, -0.1) is 0 Å². The predicted molar refractivity (Wildman–Crippen MR) is 77.2 cm³/mol. The number of ether oxygens (including phenoxy) is 1. The molecular formula is C16H20N2O. The highest BCUT2D eigenvalue weighted by Gasteiger charge is 2.11. The van der Waals surface area contributed by atoms with Gasteiger partial charge in [0.25, 0.3) is 0 Å². The minimum Gasteiger partial charge on any atom is -0.497 e. The monoisotopic (exact) mass is 256 g/mol. The van der Waals surface area contributed by atoms with Crippen molar-refractivity contribution >= 4 is 0 Å². The van der Waals surface area contributed by atoms with Crippen LogP contribution in [0.5, 0.6) is 5.75 Å². The van der Waals surface area contributed by atoms with Crippen molar-refractivity contribution in [2.45, 2.75) is 25.9 Å². The standard InChI is InChI=1S/C16H20N2O/c1-12(14-6-8-16(19-3)9-7-14)18-13(2)15-5-4-10-17-11-15/h4-13,18H,1-3H3/t12-,13?/m0/s1. The van der Waals surface area contributed by atoms with Crippen molar-refractivity contribution in [3.05, 3.63) is 59.9 Å². The second-order valence-corrected chi connectivity index (χ2v) is 4.67. The molecule has 1 aromatic carbocycles. The van der Waals surface area contributed by atoms with E-state index in [0.717, 1.165) is 5.75 Å². The topological polar surface area (TPSA) is 34.1 Å². The van der Waals surface area contributed by atoms with Crippen molar-refractivity contribution in [1.82, 2.24) is 10.3 Å². The van der Waals surface area contributed by atoms with E-state index in [1.54, 1.807) is 13.3 Å². The second kappa shape index (κ2) is 6.34. The first-order chi connectivity index (χ1) is 9.20. The summed E-state index contributed by atoms with van der Waals surface area (Å²) in [6.45, 7) is 4.31. The van der Waals surface area contributed by atoms with E-state index in [2.05, 4.69) is 42.3 Å². The summed E-state index contributed by atoms with van der Waals surface area (Å²) < 4.78 is 5.17. The Kier molecular flexibility index (Phi) is 4.53. The van der Waals surface area contributed by atoms with Crippen LogP contribution < -0.4 is 10.1 Å². The lowest BCUT2D eigenvalue weighted by Crippen LogP contribution is -2.22. The molecule has 0 aliphatic carbocycles. The zero-order valence-corrected chi connectivity index (χ0v) is 11.6. The highest BCUT2D eigenvalue weighted by atomic mass is 16.5. The largest absolute Gasteiger partial charge is 0.497 e. The Hall–Kier alpha value is -1.87. The molecule has 2 rings (SSSR count). The van der Waals surface area contributed by atoms with Gasteiger partial charge in [-0.2, -0.15) is 0 Å². The van der Waals surface area contributed by atoms with E-state index < -0.39 is 0 Å². The van der Waals surface area contributed by atoms with Crippen LogP contribution in [0.1, 0.15) is 37.1 Å². The van der Waals surface area contributed by atoms with Crippen molar-refractivity contribution < 1.29 is 4.74 Å². The van der Waals surface area contributed by atoms with Gasteiger partial charge in [0.1, 0.15) is 5.75 Å². The molecule has 2 atom stereocenters. The SMILES string of the molecule is COc1ccc([C@H](C)NC(C)c2cccnc2)cc1. The summed E-state index contributed by atoms with van der Waals surface area (Å²) in [5.74, 6) is 0.885. The van der Waals surface area contributed by atoms with Crippen molar-refractivity contribution in [3.63, 3.8) is 0 Å². The number of hydrogen-bond donors (Lipinski definition) is 1. The fraction of sp³-hybridized carbons (Fsp3) is 0.312. The molecule has 0 bridgehead atoms. The first-order valence-electron chi connectivity index (χ1n) is 6.50. The highest BCUT2D eigenvalue weighted by Crippen LogP contribution is 2.20. The first-order valence-corrected chi connectivity index (χ1v) is 6.50. The molecule has 1 aromatic heterocycles. The molecule has 19 heavy (non-hydrogen) atoms. The molecule has 3 nitrogen and oxygen atoms in total. The summed E-state index contributed by atoms with van der Waals surface area (Å²) in [6.07, 6.45) is 3.70. The Morgan fingerprint density at radius 3 is 2.26 bits per heavy atom. The molecule has 100 valence electrons. The molecule has 0 aliphatic heterocycles. The third-order valence-corrected chi connectivity index (χ3v) is 3.30. The second-order valence-electron chi connectivity index (χ2n) is 4.67. The van der Waals surface area contributed by atoms with Gasteiger partial charge in [-0.05, 0) is 43.2 Å². The Bertz CT molecular complexity index is 496. The maximum absolute atomic E-state index is 5.17. The van der Waals surface area contributed by atoms with Crippen molar-refractivity contribution in [1.29, 1.82) is 0 Å². The van der Waals surface area contributed by atoms with Gasteiger partial charge in [0.05, 0.1) is 7.11 Å². The minimum absolute atomic E-state index is 0.269. The molecule has 1 heterocycles. The molecule has 0 fully saturated rings. The van der Waals surface area contributed by atoms with Gasteiger partial charge < -0.3 is 10.1 Å². The Morgan fingerprint density at radius 1 is 1.00 bits per heavy atom. The first kappa shape index (κ1) is 13.6. The highest BCUT2D eigenvalue weighted by molar-refractivity contribution is 5.29. The van der Waals surface area contributed by atoms with Crippen LogP contribution >= 0.6 is 0 Å². The summed E-state index contributed by atoms with van der Waals surface area (Å²) in [4.78, 5) is 4.15. The van der Waals surface area contributed by atoms with E-state index in [1.807, 2.05) is 24.4 Å². The third-order valence-electron chi connectivity index (χ3n) is 3.30. The number of aromatic nitrogens is 1. The van der Waals surface area contributed by atoms with E-state index in [-0.39, 0.29) is 12.1 Å². The summed E-state index contributed by atoms with van der Waals surface area (Å²) in [6, 6.07) is 12.8. The number of nitrogens with one attached hydrogen (secondary N) is 1. The molecule has 3 heteroatoms. The molecule has 1 unspecified atom stereocenters. The Labute approximate surface area is 114 Å². The van der Waals surface area contributed by atoms with Crippen LogP contribution in [0.25, 0.3) is 0 Å². The molecule has 0 amide bonds. The fourth-order valence-electron chi connectivity index (χ4n) is 2.09. The lowest BCUT2D eigenvalue weighted by Gasteiger charge is -2.20. The van der Waals surface area contributed by atoms with Crippen LogP contribution in [-0.2, 0) is 0 Å². The molecule has 0 saturated carbocycles. The minimum atomic E-state index is 0.269. The van der Waals surface area contributed by atoms with E-state index in [4.69, 9.17) is 4.74 Å². The van der Waals surface area contributed by atoms with Crippen LogP contribution in [0.2, 0.25) is 0 Å². The lowest BCUT2D eigenvalue weighted by molar-refractivity contribution is 0.414. The number of pyridine rings is 1. The van der Waals surface area contributed by atoms with Crippen LogP contribution in [0, 0.1) is 0 Å². The van der Waals surface area contributed by atoms with Crippen LogP contribution in [-0.4, -0.2) is 12.1 Å². The zero-order chi connectivity index (χ0) is 13.7. The number of hydrogen-bond acceptors (Lipinski definition) is 3. The fourth-order valence-corrected chi connectivity index (χ4v) is 2.09. The molecule has 0 radical (unpaired) electrons. The lowest BCUT2D eigenvalue weighted by atomic mass is 10.1. The summed E-state index contributed by atoms with van der Waals surface area (Å²) >= 11 is 0. The van der Waals surface area contributed by atoms with Gasteiger partial charge in [0.15, 0.2) is 0 Å². The zero-order valence-electron chi connectivity index (χ0n) is 11.6. The van der Waals surface area contributed by atoms with Gasteiger partial charge in [-0.25, -0.2) is 0 Å². The normalized spacial score (nSPS) is 13.8. The maximum Gasteiger partial charge on any atom is 0.118 e. The quantitative estimate of drug-likeness (QED) is 0.889. The van der Waals surface area contributed by atoms with Crippen molar-refractivity contribution in [3.8, 4) is 5.75 Å². The van der Waals surface area contributed by atoms with E-state index in [0.29, 0.717) is 0 Å². The molecule has 0 spiro atoms. The number of rotatable bonds is 5. The predicted octanol–water partition coefficient (Wildman–Crippen LogP) is 3.50.